The highest BCUT2D eigenvalue weighted by atomic mass is 32.1. The Balaban J connectivity index is 2.83. The van der Waals surface area contributed by atoms with Crippen molar-refractivity contribution in [1.29, 1.82) is 0 Å². The number of hydrogen-bond acceptors (Lipinski definition) is 3. The molecule has 0 aromatic heterocycles. The van der Waals surface area contributed by atoms with E-state index in [0.717, 1.165) is 6.42 Å². The van der Waals surface area contributed by atoms with Crippen molar-refractivity contribution >= 4 is 18.8 Å². The third kappa shape index (κ3) is 7.78. The second kappa shape index (κ2) is 5.91. The first-order chi connectivity index (χ1) is 4.27. The fraction of sp³-hybridized carbons (Fsp3) is 0.800. The Morgan fingerprint density at radius 2 is 2.44 bits per heavy atom. The summed E-state index contributed by atoms with van der Waals surface area (Å²) in [6.45, 7) is 2.72. The molecule has 0 aliphatic heterocycles. The van der Waals surface area contributed by atoms with Crippen LogP contribution < -0.4 is 5.32 Å². The first-order valence-electron chi connectivity index (χ1n) is 2.78. The number of thiol groups is 1. The van der Waals surface area contributed by atoms with E-state index < -0.39 is 0 Å². The molecule has 0 spiro atoms. The molecule has 0 bridgehead atoms. The zero-order chi connectivity index (χ0) is 7.11. The summed E-state index contributed by atoms with van der Waals surface area (Å²) in [6.07, 6.45) is 0.809. The van der Waals surface area contributed by atoms with Crippen LogP contribution in [-0.4, -0.2) is 19.1 Å². The quantitative estimate of drug-likeness (QED) is 0.344. The van der Waals surface area contributed by atoms with Gasteiger partial charge in [-0.25, -0.2) is 0 Å². The second-order valence-corrected chi connectivity index (χ2v) is 1.93. The van der Waals surface area contributed by atoms with Gasteiger partial charge in [0.25, 0.3) is 0 Å². The van der Waals surface area contributed by atoms with Gasteiger partial charge in [-0.15, -0.1) is 0 Å². The van der Waals surface area contributed by atoms with Crippen molar-refractivity contribution < 1.29 is 8.98 Å². The molecule has 3 nitrogen and oxygen atoms in total. The Hall–Kier alpha value is -0.220. The molecule has 1 N–H and O–H groups in total. The number of carbonyl (C=O) groups excluding carboxylic acids is 1. The van der Waals surface area contributed by atoms with E-state index in [1.165, 1.54) is 6.92 Å². The first-order valence-corrected chi connectivity index (χ1v) is 3.14. The zero-order valence-corrected chi connectivity index (χ0v) is 6.28. The molecule has 0 aliphatic carbocycles. The predicted molar refractivity (Wildman–Crippen MR) is 38.2 cm³/mol. The highest BCUT2D eigenvalue weighted by Crippen LogP contribution is 1.82. The van der Waals surface area contributed by atoms with Gasteiger partial charge in [-0.05, 0) is 19.3 Å². The largest absolute Gasteiger partial charge is 0.356 e. The lowest BCUT2D eigenvalue weighted by atomic mass is 10.4. The van der Waals surface area contributed by atoms with Gasteiger partial charge in [0.05, 0.1) is 6.61 Å². The van der Waals surface area contributed by atoms with Crippen LogP contribution >= 0.6 is 12.9 Å². The predicted octanol–water partition coefficient (Wildman–Crippen LogP) is 0.374. The molecule has 0 saturated carbocycles. The normalized spacial score (nSPS) is 9.11. The summed E-state index contributed by atoms with van der Waals surface area (Å²) in [4.78, 5) is 10.2. The van der Waals surface area contributed by atoms with E-state index in [9.17, 15) is 4.79 Å². The first kappa shape index (κ1) is 8.78. The topological polar surface area (TPSA) is 38.3 Å². The highest BCUT2D eigenvalue weighted by Gasteiger charge is 1.88. The van der Waals surface area contributed by atoms with Crippen molar-refractivity contribution in [3.8, 4) is 0 Å². The van der Waals surface area contributed by atoms with Crippen molar-refractivity contribution in [2.45, 2.75) is 13.3 Å². The molecule has 0 unspecified atom stereocenters. The standard InChI is InChI=1S/C5H11NO2S/c1-5(7)6-3-2-4-8-9/h9H,2-4H2,1H3,(H,6,7). The molecular weight excluding hydrogens is 138 g/mol. The van der Waals surface area contributed by atoms with E-state index in [-0.39, 0.29) is 5.91 Å². The lowest BCUT2D eigenvalue weighted by Gasteiger charge is -1.98. The van der Waals surface area contributed by atoms with E-state index in [2.05, 4.69) is 22.4 Å². The molecule has 0 fully saturated rings. The van der Waals surface area contributed by atoms with Gasteiger partial charge in [-0.1, -0.05) is 0 Å². The maximum Gasteiger partial charge on any atom is 0.216 e. The van der Waals surface area contributed by atoms with Crippen molar-refractivity contribution in [3.63, 3.8) is 0 Å². The van der Waals surface area contributed by atoms with Gasteiger partial charge in [0.1, 0.15) is 0 Å². The number of hydrogen-bond donors (Lipinski definition) is 2. The van der Waals surface area contributed by atoms with Crippen LogP contribution in [0.4, 0.5) is 0 Å². The van der Waals surface area contributed by atoms with Crippen LogP contribution in [0.25, 0.3) is 0 Å². The van der Waals surface area contributed by atoms with Crippen LogP contribution in [0, 0.1) is 0 Å². The molecular formula is C5H11NO2S. The fourth-order valence-electron chi connectivity index (χ4n) is 0.401. The minimum atomic E-state index is -0.00540. The average Bonchev–Trinajstić information content (AvgIpc) is 1.80. The molecule has 0 atom stereocenters. The maximum atomic E-state index is 10.2. The summed E-state index contributed by atoms with van der Waals surface area (Å²) in [5, 5.41) is 2.63. The second-order valence-electron chi connectivity index (χ2n) is 1.67. The number of nitrogens with one attached hydrogen (secondary N) is 1. The summed E-state index contributed by atoms with van der Waals surface area (Å²) in [7, 11) is 0. The van der Waals surface area contributed by atoms with Crippen molar-refractivity contribution in [2.75, 3.05) is 13.2 Å². The van der Waals surface area contributed by atoms with Crippen LogP contribution in [0.5, 0.6) is 0 Å². The van der Waals surface area contributed by atoms with Crippen molar-refractivity contribution in [1.82, 2.24) is 5.32 Å². The summed E-state index contributed by atoms with van der Waals surface area (Å²) < 4.78 is 4.47. The molecule has 0 aromatic carbocycles. The monoisotopic (exact) mass is 149 g/mol. The smallest absolute Gasteiger partial charge is 0.216 e. The van der Waals surface area contributed by atoms with Gasteiger partial charge in [0.15, 0.2) is 0 Å². The Morgan fingerprint density at radius 3 is 2.89 bits per heavy atom. The number of carbonyl (C=O) groups is 1. The zero-order valence-electron chi connectivity index (χ0n) is 5.39. The molecule has 0 radical (unpaired) electrons. The molecule has 0 aromatic rings. The molecule has 1 amide bonds. The Morgan fingerprint density at radius 1 is 1.78 bits per heavy atom. The Labute approximate surface area is 60.4 Å². The van der Waals surface area contributed by atoms with Crippen LogP contribution in [0.3, 0.4) is 0 Å². The molecule has 0 saturated heterocycles. The Bertz CT molecular complexity index is 87.0. The van der Waals surface area contributed by atoms with E-state index in [4.69, 9.17) is 0 Å². The van der Waals surface area contributed by atoms with Gasteiger partial charge >= 0.3 is 0 Å². The summed E-state index contributed by atoms with van der Waals surface area (Å²) in [5.74, 6) is -0.00540. The molecule has 0 rings (SSSR count). The minimum absolute atomic E-state index is 0.00540. The SMILES string of the molecule is CC(=O)NCCCOS. The highest BCUT2D eigenvalue weighted by molar-refractivity contribution is 7.75. The van der Waals surface area contributed by atoms with Crippen LogP contribution in [-0.2, 0) is 8.98 Å². The molecule has 9 heavy (non-hydrogen) atoms. The fourth-order valence-corrected chi connectivity index (χ4v) is 0.530. The number of rotatable bonds is 4. The molecule has 0 aliphatic rings. The van der Waals surface area contributed by atoms with E-state index in [0.29, 0.717) is 13.2 Å². The van der Waals surface area contributed by atoms with Crippen LogP contribution in [0.15, 0.2) is 0 Å². The van der Waals surface area contributed by atoms with Gasteiger partial charge in [-0.3, -0.25) is 4.79 Å². The van der Waals surface area contributed by atoms with E-state index in [1.54, 1.807) is 0 Å². The summed E-state index contributed by atoms with van der Waals surface area (Å²) in [5.41, 5.74) is 0. The lowest BCUT2D eigenvalue weighted by molar-refractivity contribution is -0.118. The van der Waals surface area contributed by atoms with Crippen LogP contribution in [0.1, 0.15) is 13.3 Å². The van der Waals surface area contributed by atoms with E-state index >= 15 is 0 Å². The summed E-state index contributed by atoms with van der Waals surface area (Å²) in [6, 6.07) is 0. The van der Waals surface area contributed by atoms with Gasteiger partial charge in [0, 0.05) is 13.5 Å². The van der Waals surface area contributed by atoms with E-state index in [1.807, 2.05) is 0 Å². The van der Waals surface area contributed by atoms with Crippen molar-refractivity contribution in [2.24, 2.45) is 0 Å². The lowest BCUT2D eigenvalue weighted by Crippen LogP contribution is -2.21. The molecule has 54 valence electrons. The summed E-state index contributed by atoms with van der Waals surface area (Å²) >= 11 is 3.53. The maximum absolute atomic E-state index is 10.2. The number of amides is 1. The minimum Gasteiger partial charge on any atom is -0.356 e. The molecule has 0 heterocycles. The van der Waals surface area contributed by atoms with Gasteiger partial charge < -0.3 is 9.50 Å². The van der Waals surface area contributed by atoms with Crippen LogP contribution in [0.2, 0.25) is 0 Å². The average molecular weight is 149 g/mol. The van der Waals surface area contributed by atoms with Gasteiger partial charge in [-0.2, -0.15) is 0 Å². The third-order valence-electron chi connectivity index (χ3n) is 0.786. The Kier molecular flexibility index (Phi) is 5.76. The van der Waals surface area contributed by atoms with Gasteiger partial charge in [0.2, 0.25) is 5.91 Å². The molecule has 4 heteroatoms. The van der Waals surface area contributed by atoms with Crippen molar-refractivity contribution in [3.05, 3.63) is 0 Å². The third-order valence-corrected chi connectivity index (χ3v) is 0.969.